The molecule has 0 saturated carbocycles. The molecule has 2 heterocycles. The van der Waals surface area contributed by atoms with Crippen molar-refractivity contribution in [1.82, 2.24) is 9.88 Å². The van der Waals surface area contributed by atoms with Gasteiger partial charge in [-0.3, -0.25) is 9.88 Å². The van der Waals surface area contributed by atoms with Crippen molar-refractivity contribution in [3.8, 4) is 0 Å². The number of aromatic nitrogens is 1. The predicted octanol–water partition coefficient (Wildman–Crippen LogP) is 3.28. The summed E-state index contributed by atoms with van der Waals surface area (Å²) < 4.78 is 0. The summed E-state index contributed by atoms with van der Waals surface area (Å²) in [6, 6.07) is 4.33. The Kier molecular flexibility index (Phi) is 4.46. The van der Waals surface area contributed by atoms with Crippen LogP contribution in [0.1, 0.15) is 26.5 Å². The third-order valence-corrected chi connectivity index (χ3v) is 4.29. The summed E-state index contributed by atoms with van der Waals surface area (Å²) in [5.74, 6) is 2.84. The molecule has 0 aromatic carbocycles. The van der Waals surface area contributed by atoms with E-state index in [1.807, 2.05) is 18.0 Å². The van der Waals surface area contributed by atoms with Crippen LogP contribution in [0, 0.1) is 11.8 Å². The lowest BCUT2D eigenvalue weighted by molar-refractivity contribution is 0.0602. The summed E-state index contributed by atoms with van der Waals surface area (Å²) in [7, 11) is 0. The SMILES string of the molecule is CCSc1ccnc(CN2CC(C(C)C)C2)c1. The zero-order valence-electron chi connectivity index (χ0n) is 11.0. The Hall–Kier alpha value is -0.540. The molecule has 2 nitrogen and oxygen atoms in total. The Labute approximate surface area is 109 Å². The van der Waals surface area contributed by atoms with Crippen molar-refractivity contribution in [2.75, 3.05) is 18.8 Å². The van der Waals surface area contributed by atoms with Gasteiger partial charge in [-0.15, -0.1) is 11.8 Å². The molecule has 17 heavy (non-hydrogen) atoms. The molecule has 0 aliphatic carbocycles. The average Bonchev–Trinajstić information content (AvgIpc) is 2.23. The van der Waals surface area contributed by atoms with Crippen LogP contribution in [0.25, 0.3) is 0 Å². The van der Waals surface area contributed by atoms with Crippen LogP contribution in [0.2, 0.25) is 0 Å². The fourth-order valence-electron chi connectivity index (χ4n) is 2.19. The van der Waals surface area contributed by atoms with E-state index in [9.17, 15) is 0 Å². The second kappa shape index (κ2) is 5.87. The fraction of sp³-hybridized carbons (Fsp3) is 0.643. The van der Waals surface area contributed by atoms with Crippen LogP contribution in [-0.4, -0.2) is 28.7 Å². The molecular formula is C14H22N2S. The van der Waals surface area contributed by atoms with Crippen molar-refractivity contribution < 1.29 is 0 Å². The van der Waals surface area contributed by atoms with Gasteiger partial charge in [0.25, 0.3) is 0 Å². The molecule has 2 rings (SSSR count). The van der Waals surface area contributed by atoms with Gasteiger partial charge in [-0.1, -0.05) is 20.8 Å². The first-order valence-electron chi connectivity index (χ1n) is 6.49. The second-order valence-electron chi connectivity index (χ2n) is 5.11. The zero-order chi connectivity index (χ0) is 12.3. The first-order valence-corrected chi connectivity index (χ1v) is 7.47. The molecule has 1 aliphatic rings. The van der Waals surface area contributed by atoms with E-state index in [0.29, 0.717) is 0 Å². The lowest BCUT2D eigenvalue weighted by Crippen LogP contribution is -2.48. The highest BCUT2D eigenvalue weighted by atomic mass is 32.2. The third-order valence-electron chi connectivity index (χ3n) is 3.41. The van der Waals surface area contributed by atoms with E-state index in [1.165, 1.54) is 23.7 Å². The first kappa shape index (κ1) is 12.9. The Morgan fingerprint density at radius 1 is 1.47 bits per heavy atom. The Bertz CT molecular complexity index is 359. The molecule has 3 heteroatoms. The molecule has 1 saturated heterocycles. The number of pyridine rings is 1. The van der Waals surface area contributed by atoms with Crippen LogP contribution in [0.3, 0.4) is 0 Å². The van der Waals surface area contributed by atoms with Crippen molar-refractivity contribution >= 4 is 11.8 Å². The standard InChI is InChI=1S/C14H22N2S/c1-4-17-14-5-6-15-13(7-14)10-16-8-12(9-16)11(2)3/h5-7,11-12H,4,8-10H2,1-3H3. The Balaban J connectivity index is 1.85. The molecule has 94 valence electrons. The summed E-state index contributed by atoms with van der Waals surface area (Å²) >= 11 is 1.89. The van der Waals surface area contributed by atoms with Gasteiger partial charge < -0.3 is 0 Å². The minimum atomic E-state index is 0.821. The molecule has 0 radical (unpaired) electrons. The van der Waals surface area contributed by atoms with Crippen LogP contribution >= 0.6 is 11.8 Å². The molecule has 0 bridgehead atoms. The third kappa shape index (κ3) is 3.46. The summed E-state index contributed by atoms with van der Waals surface area (Å²) in [4.78, 5) is 8.30. The lowest BCUT2D eigenvalue weighted by atomic mass is 9.88. The number of hydrogen-bond donors (Lipinski definition) is 0. The van der Waals surface area contributed by atoms with Crippen LogP contribution in [0.5, 0.6) is 0 Å². The molecule has 1 fully saturated rings. The highest BCUT2D eigenvalue weighted by Crippen LogP contribution is 2.25. The molecule has 0 atom stereocenters. The molecule has 0 unspecified atom stereocenters. The van der Waals surface area contributed by atoms with E-state index < -0.39 is 0 Å². The van der Waals surface area contributed by atoms with Gasteiger partial charge in [0.1, 0.15) is 0 Å². The van der Waals surface area contributed by atoms with E-state index in [0.717, 1.165) is 24.1 Å². The van der Waals surface area contributed by atoms with E-state index in [1.54, 1.807) is 0 Å². The van der Waals surface area contributed by atoms with Crippen LogP contribution in [-0.2, 0) is 6.54 Å². The van der Waals surface area contributed by atoms with Crippen LogP contribution in [0.15, 0.2) is 23.2 Å². The highest BCUT2D eigenvalue weighted by molar-refractivity contribution is 7.99. The van der Waals surface area contributed by atoms with Gasteiger partial charge in [-0.05, 0) is 29.7 Å². The Morgan fingerprint density at radius 3 is 2.88 bits per heavy atom. The number of likely N-dealkylation sites (tertiary alicyclic amines) is 1. The van der Waals surface area contributed by atoms with Crippen molar-refractivity contribution in [3.63, 3.8) is 0 Å². The zero-order valence-corrected chi connectivity index (χ0v) is 11.8. The largest absolute Gasteiger partial charge is 0.297 e. The molecule has 0 amide bonds. The summed E-state index contributed by atoms with van der Waals surface area (Å²) in [5, 5.41) is 0. The van der Waals surface area contributed by atoms with Crippen molar-refractivity contribution in [1.29, 1.82) is 0 Å². The van der Waals surface area contributed by atoms with Gasteiger partial charge in [0, 0.05) is 30.7 Å². The minimum Gasteiger partial charge on any atom is -0.297 e. The van der Waals surface area contributed by atoms with Gasteiger partial charge in [0.2, 0.25) is 0 Å². The van der Waals surface area contributed by atoms with Crippen molar-refractivity contribution in [2.45, 2.75) is 32.2 Å². The van der Waals surface area contributed by atoms with E-state index in [-0.39, 0.29) is 0 Å². The van der Waals surface area contributed by atoms with Gasteiger partial charge >= 0.3 is 0 Å². The Morgan fingerprint density at radius 2 is 2.24 bits per heavy atom. The van der Waals surface area contributed by atoms with Crippen molar-refractivity contribution in [3.05, 3.63) is 24.0 Å². The highest BCUT2D eigenvalue weighted by Gasteiger charge is 2.28. The summed E-state index contributed by atoms with van der Waals surface area (Å²) in [6.07, 6.45) is 1.94. The normalized spacial score (nSPS) is 17.4. The maximum atomic E-state index is 4.46. The molecular weight excluding hydrogens is 228 g/mol. The number of nitrogens with zero attached hydrogens (tertiary/aromatic N) is 2. The number of hydrogen-bond acceptors (Lipinski definition) is 3. The molecule has 1 aromatic heterocycles. The van der Waals surface area contributed by atoms with Gasteiger partial charge in [-0.25, -0.2) is 0 Å². The van der Waals surface area contributed by atoms with Gasteiger partial charge in [-0.2, -0.15) is 0 Å². The van der Waals surface area contributed by atoms with Crippen LogP contribution < -0.4 is 0 Å². The van der Waals surface area contributed by atoms with Crippen molar-refractivity contribution in [2.24, 2.45) is 11.8 Å². The quantitative estimate of drug-likeness (QED) is 0.746. The van der Waals surface area contributed by atoms with E-state index >= 15 is 0 Å². The van der Waals surface area contributed by atoms with Crippen LogP contribution in [0.4, 0.5) is 0 Å². The maximum Gasteiger partial charge on any atom is 0.0555 e. The molecule has 0 N–H and O–H groups in total. The minimum absolute atomic E-state index is 0.821. The summed E-state index contributed by atoms with van der Waals surface area (Å²) in [6.45, 7) is 10.3. The molecule has 1 aromatic rings. The average molecular weight is 250 g/mol. The molecule has 1 aliphatic heterocycles. The van der Waals surface area contributed by atoms with Gasteiger partial charge in [0.15, 0.2) is 0 Å². The smallest absolute Gasteiger partial charge is 0.0555 e. The maximum absolute atomic E-state index is 4.46. The number of thioether (sulfide) groups is 1. The summed E-state index contributed by atoms with van der Waals surface area (Å²) in [5.41, 5.74) is 1.21. The van der Waals surface area contributed by atoms with E-state index in [4.69, 9.17) is 0 Å². The topological polar surface area (TPSA) is 16.1 Å². The molecule has 0 spiro atoms. The first-order chi connectivity index (χ1) is 8.19. The number of rotatable bonds is 5. The fourth-order valence-corrected chi connectivity index (χ4v) is 2.90. The predicted molar refractivity (Wildman–Crippen MR) is 74.2 cm³/mol. The van der Waals surface area contributed by atoms with E-state index in [2.05, 4.69) is 42.8 Å². The van der Waals surface area contributed by atoms with Gasteiger partial charge in [0.05, 0.1) is 5.69 Å². The second-order valence-corrected chi connectivity index (χ2v) is 6.45. The lowest BCUT2D eigenvalue weighted by Gasteiger charge is -2.41. The monoisotopic (exact) mass is 250 g/mol.